The highest BCUT2D eigenvalue weighted by Crippen LogP contribution is 2.33. The van der Waals surface area contributed by atoms with E-state index in [9.17, 15) is 19.1 Å². The molecule has 0 unspecified atom stereocenters. The Bertz CT molecular complexity index is 882. The van der Waals surface area contributed by atoms with E-state index < -0.39 is 30.2 Å². The molecule has 0 radical (unpaired) electrons. The third kappa shape index (κ3) is 3.70. The number of aromatic nitrogens is 4. The van der Waals surface area contributed by atoms with Gasteiger partial charge in [0.05, 0.1) is 12.9 Å². The fourth-order valence-electron chi connectivity index (χ4n) is 2.74. The van der Waals surface area contributed by atoms with E-state index in [4.69, 9.17) is 9.47 Å². The number of rotatable bonds is 6. The number of alkyl halides is 1. The van der Waals surface area contributed by atoms with E-state index in [2.05, 4.69) is 20.3 Å². The minimum atomic E-state index is -1.67. The van der Waals surface area contributed by atoms with Gasteiger partial charge in [-0.25, -0.2) is 9.37 Å². The lowest BCUT2D eigenvalue weighted by atomic mass is 10.1. The molecule has 0 bridgehead atoms. The number of fused-ring (bicyclic) bond motifs is 1. The zero-order valence-corrected chi connectivity index (χ0v) is 15.2. The number of carbonyl (C=O) groups excluding carboxylic acids is 1. The maximum Gasteiger partial charge on any atom is 0.280 e. The number of H-pyrrole nitrogens is 1. The summed E-state index contributed by atoms with van der Waals surface area (Å²) in [5.74, 6) is -0.716. The highest BCUT2D eigenvalue weighted by molar-refractivity contribution is 5.91. The van der Waals surface area contributed by atoms with Gasteiger partial charge >= 0.3 is 0 Å². The normalized spacial score (nSPS) is 25.4. The van der Waals surface area contributed by atoms with Crippen molar-refractivity contribution in [3.63, 3.8) is 0 Å². The minimum Gasteiger partial charge on any atom is -0.385 e. The molecule has 1 saturated heterocycles. The van der Waals surface area contributed by atoms with Crippen LogP contribution in [0.1, 0.15) is 27.0 Å². The molecule has 0 aromatic carbocycles. The number of amides is 1. The summed E-state index contributed by atoms with van der Waals surface area (Å²) in [6.45, 7) is 5.53. The Hall–Kier alpha value is -2.37. The van der Waals surface area contributed by atoms with Gasteiger partial charge in [0, 0.05) is 12.5 Å². The van der Waals surface area contributed by atoms with Gasteiger partial charge in [-0.15, -0.1) is 0 Å². The first kappa shape index (κ1) is 19.4. The van der Waals surface area contributed by atoms with Crippen molar-refractivity contribution in [1.29, 1.82) is 0 Å². The number of nitrogens with one attached hydrogen (secondary N) is 2. The lowest BCUT2D eigenvalue weighted by Crippen LogP contribution is -2.30. The molecule has 1 aliphatic heterocycles. The quantitative estimate of drug-likeness (QED) is 0.656. The summed E-state index contributed by atoms with van der Waals surface area (Å²) in [5, 5.41) is 12.7. The van der Waals surface area contributed by atoms with Crippen LogP contribution in [0.4, 0.5) is 10.3 Å². The first-order chi connectivity index (χ1) is 12.8. The van der Waals surface area contributed by atoms with Crippen molar-refractivity contribution in [2.45, 2.75) is 45.4 Å². The van der Waals surface area contributed by atoms with Crippen molar-refractivity contribution in [2.24, 2.45) is 5.92 Å². The van der Waals surface area contributed by atoms with Crippen LogP contribution in [0.25, 0.3) is 11.2 Å². The Morgan fingerprint density at radius 3 is 2.96 bits per heavy atom. The highest BCUT2D eigenvalue weighted by atomic mass is 19.1. The van der Waals surface area contributed by atoms with Crippen LogP contribution in [-0.4, -0.2) is 62.1 Å². The van der Waals surface area contributed by atoms with Gasteiger partial charge in [0.2, 0.25) is 11.9 Å². The summed E-state index contributed by atoms with van der Waals surface area (Å²) in [4.78, 5) is 34.6. The van der Waals surface area contributed by atoms with E-state index in [0.717, 1.165) is 0 Å². The topological polar surface area (TPSA) is 131 Å². The molecule has 148 valence electrons. The average Bonchev–Trinajstić information content (AvgIpc) is 3.16. The largest absolute Gasteiger partial charge is 0.385 e. The molecule has 3 heterocycles. The molecule has 3 rings (SSSR count). The van der Waals surface area contributed by atoms with Crippen LogP contribution >= 0.6 is 0 Å². The van der Waals surface area contributed by atoms with E-state index in [0.29, 0.717) is 6.61 Å². The molecule has 2 aromatic rings. The van der Waals surface area contributed by atoms with E-state index >= 15 is 0 Å². The lowest BCUT2D eigenvalue weighted by Gasteiger charge is -2.16. The minimum absolute atomic E-state index is 0.0123. The third-order valence-electron chi connectivity index (χ3n) is 4.25. The molecule has 4 atom stereocenters. The van der Waals surface area contributed by atoms with Crippen LogP contribution < -0.4 is 10.9 Å². The molecule has 1 amide bonds. The fourth-order valence-corrected chi connectivity index (χ4v) is 2.74. The van der Waals surface area contributed by atoms with Crippen molar-refractivity contribution in [2.75, 3.05) is 18.5 Å². The molecule has 3 N–H and O–H groups in total. The van der Waals surface area contributed by atoms with Crippen LogP contribution in [0.3, 0.4) is 0 Å². The van der Waals surface area contributed by atoms with Gasteiger partial charge in [-0.1, -0.05) is 13.8 Å². The first-order valence-electron chi connectivity index (χ1n) is 8.66. The van der Waals surface area contributed by atoms with Crippen molar-refractivity contribution in [1.82, 2.24) is 19.5 Å². The molecule has 11 heteroatoms. The van der Waals surface area contributed by atoms with Gasteiger partial charge in [0.15, 0.2) is 23.6 Å². The van der Waals surface area contributed by atoms with E-state index in [1.54, 1.807) is 20.8 Å². The lowest BCUT2D eigenvalue weighted by molar-refractivity contribution is -0.118. The molecule has 0 spiro atoms. The Labute approximate surface area is 153 Å². The first-order valence-corrected chi connectivity index (χ1v) is 8.66. The number of ether oxygens (including phenoxy) is 2. The number of aliphatic hydroxyl groups is 1. The van der Waals surface area contributed by atoms with Crippen LogP contribution in [0.15, 0.2) is 11.1 Å². The predicted molar refractivity (Wildman–Crippen MR) is 92.9 cm³/mol. The van der Waals surface area contributed by atoms with Gasteiger partial charge < -0.3 is 14.6 Å². The molecule has 0 aliphatic carbocycles. The van der Waals surface area contributed by atoms with Crippen molar-refractivity contribution < 1.29 is 23.8 Å². The van der Waals surface area contributed by atoms with E-state index in [1.807, 2.05) is 0 Å². The molecule has 0 saturated carbocycles. The molecule has 2 aromatic heterocycles. The zero-order chi connectivity index (χ0) is 19.7. The molecular formula is C16H22FN5O5. The maximum absolute atomic E-state index is 14.3. The predicted octanol–water partition coefficient (Wildman–Crippen LogP) is 0.347. The Morgan fingerprint density at radius 2 is 2.30 bits per heavy atom. The monoisotopic (exact) mass is 383 g/mol. The second kappa shape index (κ2) is 7.71. The summed E-state index contributed by atoms with van der Waals surface area (Å²) in [6, 6.07) is 0. The van der Waals surface area contributed by atoms with Crippen LogP contribution in [-0.2, 0) is 14.3 Å². The number of imidazole rings is 1. The van der Waals surface area contributed by atoms with Crippen molar-refractivity contribution in [3.05, 3.63) is 16.7 Å². The summed E-state index contributed by atoms with van der Waals surface area (Å²) in [6.07, 6.45) is -3.99. The van der Waals surface area contributed by atoms with Crippen molar-refractivity contribution >= 4 is 23.0 Å². The Kier molecular flexibility index (Phi) is 5.53. The van der Waals surface area contributed by atoms with Gasteiger partial charge in [0.25, 0.3) is 5.56 Å². The molecule has 10 nitrogen and oxygen atoms in total. The van der Waals surface area contributed by atoms with Crippen molar-refractivity contribution in [3.8, 4) is 0 Å². The fraction of sp³-hybridized carbons (Fsp3) is 0.625. The second-order valence-electron chi connectivity index (χ2n) is 6.54. The van der Waals surface area contributed by atoms with Gasteiger partial charge in [-0.2, -0.15) is 4.98 Å². The number of hydrogen-bond acceptors (Lipinski definition) is 7. The standard InChI is InChI=1S/C16H22FN5O5/c1-4-26-5-8-9(17)11(23)15(27-8)22-6-18-10-12(22)19-16(21-14(10)25)20-13(24)7(2)3/h6-9,11,15,23H,4-5H2,1-3H3,(H2,19,20,21,24,25)/t8-,9-,11+,15-/m1/s1. The number of aromatic amines is 1. The summed E-state index contributed by atoms with van der Waals surface area (Å²) < 4.78 is 26.4. The molecule has 1 aliphatic rings. The van der Waals surface area contributed by atoms with Crippen LogP contribution in [0.5, 0.6) is 0 Å². The van der Waals surface area contributed by atoms with Gasteiger partial charge in [-0.05, 0) is 6.92 Å². The zero-order valence-electron chi connectivity index (χ0n) is 15.2. The summed E-state index contributed by atoms with van der Waals surface area (Å²) >= 11 is 0. The Balaban J connectivity index is 1.94. The van der Waals surface area contributed by atoms with Gasteiger partial charge in [0.1, 0.15) is 12.2 Å². The molecule has 27 heavy (non-hydrogen) atoms. The average molecular weight is 383 g/mol. The number of halogens is 1. The van der Waals surface area contributed by atoms with Crippen LogP contribution in [0.2, 0.25) is 0 Å². The number of hydrogen-bond donors (Lipinski definition) is 3. The maximum atomic E-state index is 14.3. The number of nitrogens with zero attached hydrogens (tertiary/aromatic N) is 3. The second-order valence-corrected chi connectivity index (χ2v) is 6.54. The third-order valence-corrected chi connectivity index (χ3v) is 4.25. The highest BCUT2D eigenvalue weighted by Gasteiger charge is 2.45. The van der Waals surface area contributed by atoms with Gasteiger partial charge in [-0.3, -0.25) is 24.5 Å². The summed E-state index contributed by atoms with van der Waals surface area (Å²) in [7, 11) is 0. The smallest absolute Gasteiger partial charge is 0.280 e. The van der Waals surface area contributed by atoms with Crippen LogP contribution in [0, 0.1) is 5.92 Å². The molecule has 1 fully saturated rings. The number of aliphatic hydroxyl groups excluding tert-OH is 1. The number of anilines is 1. The SMILES string of the molecule is CCOC[C@H]1O[C@@H](n2cnc3c(=O)[nH]c(NC(=O)C(C)C)nc32)[C@@H](O)[C@@H]1F. The Morgan fingerprint density at radius 1 is 1.56 bits per heavy atom. The summed E-state index contributed by atoms with van der Waals surface area (Å²) in [5.41, 5.74) is -0.531. The molecular weight excluding hydrogens is 361 g/mol. The van der Waals surface area contributed by atoms with E-state index in [1.165, 1.54) is 10.9 Å². The van der Waals surface area contributed by atoms with E-state index in [-0.39, 0.29) is 35.5 Å². The number of carbonyl (C=O) groups is 1.